The SMILES string of the molecule is Cc1cccc2[nH]c(Cc3cn[nH]c3CCN)cc12. The van der Waals surface area contributed by atoms with Gasteiger partial charge in [0.2, 0.25) is 0 Å². The maximum atomic E-state index is 5.61. The van der Waals surface area contributed by atoms with Crippen molar-refractivity contribution >= 4 is 10.9 Å². The average molecular weight is 254 g/mol. The number of benzene rings is 1. The van der Waals surface area contributed by atoms with Gasteiger partial charge in [-0.1, -0.05) is 12.1 Å². The molecule has 0 amide bonds. The smallest absolute Gasteiger partial charge is 0.0526 e. The second-order valence-electron chi connectivity index (χ2n) is 4.92. The van der Waals surface area contributed by atoms with Gasteiger partial charge in [-0.15, -0.1) is 0 Å². The highest BCUT2D eigenvalue weighted by Crippen LogP contribution is 2.21. The van der Waals surface area contributed by atoms with Crippen molar-refractivity contribution in [3.05, 3.63) is 53.0 Å². The predicted octanol–water partition coefficient (Wildman–Crippen LogP) is 2.29. The molecule has 0 fully saturated rings. The minimum atomic E-state index is 0.640. The van der Waals surface area contributed by atoms with E-state index in [-0.39, 0.29) is 0 Å². The molecule has 1 aromatic carbocycles. The minimum Gasteiger partial charge on any atom is -0.358 e. The van der Waals surface area contributed by atoms with Crippen LogP contribution in [0.3, 0.4) is 0 Å². The van der Waals surface area contributed by atoms with Crippen LogP contribution >= 0.6 is 0 Å². The van der Waals surface area contributed by atoms with E-state index in [1.54, 1.807) is 0 Å². The van der Waals surface area contributed by atoms with Crippen LogP contribution < -0.4 is 5.73 Å². The molecule has 98 valence electrons. The molecule has 0 unspecified atom stereocenters. The van der Waals surface area contributed by atoms with Crippen molar-refractivity contribution in [1.29, 1.82) is 0 Å². The Balaban J connectivity index is 1.92. The summed E-state index contributed by atoms with van der Waals surface area (Å²) < 4.78 is 0. The molecule has 0 aliphatic carbocycles. The van der Waals surface area contributed by atoms with E-state index in [2.05, 4.69) is 46.4 Å². The number of hydrogen-bond donors (Lipinski definition) is 3. The van der Waals surface area contributed by atoms with E-state index in [9.17, 15) is 0 Å². The lowest BCUT2D eigenvalue weighted by atomic mass is 10.1. The third kappa shape index (κ3) is 2.27. The molecule has 4 nitrogen and oxygen atoms in total. The van der Waals surface area contributed by atoms with Gasteiger partial charge in [-0.25, -0.2) is 0 Å². The van der Waals surface area contributed by atoms with Gasteiger partial charge >= 0.3 is 0 Å². The van der Waals surface area contributed by atoms with Crippen molar-refractivity contribution in [3.63, 3.8) is 0 Å². The normalized spacial score (nSPS) is 11.3. The first-order valence-corrected chi connectivity index (χ1v) is 6.56. The van der Waals surface area contributed by atoms with Gasteiger partial charge in [0.15, 0.2) is 0 Å². The fourth-order valence-electron chi connectivity index (χ4n) is 2.52. The zero-order valence-electron chi connectivity index (χ0n) is 11.0. The number of aryl methyl sites for hydroxylation is 1. The van der Waals surface area contributed by atoms with E-state index in [0.29, 0.717) is 6.54 Å². The summed E-state index contributed by atoms with van der Waals surface area (Å²) in [6.07, 6.45) is 3.60. The second kappa shape index (κ2) is 4.90. The van der Waals surface area contributed by atoms with Crippen molar-refractivity contribution in [1.82, 2.24) is 15.2 Å². The Labute approximate surface area is 112 Å². The fourth-order valence-corrected chi connectivity index (χ4v) is 2.52. The third-order valence-corrected chi connectivity index (χ3v) is 3.52. The molecule has 3 aromatic rings. The summed E-state index contributed by atoms with van der Waals surface area (Å²) in [5, 5.41) is 8.44. The molecule has 0 aliphatic heterocycles. The first-order valence-electron chi connectivity index (χ1n) is 6.56. The van der Waals surface area contributed by atoms with E-state index in [0.717, 1.165) is 18.5 Å². The number of fused-ring (bicyclic) bond motifs is 1. The van der Waals surface area contributed by atoms with Crippen LogP contribution in [-0.2, 0) is 12.8 Å². The lowest BCUT2D eigenvalue weighted by molar-refractivity contribution is 0.888. The van der Waals surface area contributed by atoms with Crippen LogP contribution in [0.15, 0.2) is 30.5 Å². The molecule has 0 spiro atoms. The molecule has 0 bridgehead atoms. The Morgan fingerprint density at radius 2 is 2.21 bits per heavy atom. The van der Waals surface area contributed by atoms with E-state index in [1.165, 1.54) is 27.7 Å². The quantitative estimate of drug-likeness (QED) is 0.668. The zero-order chi connectivity index (χ0) is 13.2. The van der Waals surface area contributed by atoms with E-state index >= 15 is 0 Å². The summed E-state index contributed by atoms with van der Waals surface area (Å²) in [7, 11) is 0. The molecule has 2 heterocycles. The maximum Gasteiger partial charge on any atom is 0.0526 e. The highest BCUT2D eigenvalue weighted by atomic mass is 15.1. The molecule has 0 saturated heterocycles. The molecule has 0 atom stereocenters. The van der Waals surface area contributed by atoms with E-state index < -0.39 is 0 Å². The van der Waals surface area contributed by atoms with Crippen LogP contribution in [-0.4, -0.2) is 21.7 Å². The number of nitrogens with two attached hydrogens (primary N) is 1. The molecule has 0 aliphatic rings. The summed E-state index contributed by atoms with van der Waals surface area (Å²) in [5.41, 5.74) is 11.7. The first-order chi connectivity index (χ1) is 9.28. The predicted molar refractivity (Wildman–Crippen MR) is 77.2 cm³/mol. The highest BCUT2D eigenvalue weighted by molar-refractivity contribution is 5.83. The second-order valence-corrected chi connectivity index (χ2v) is 4.92. The van der Waals surface area contributed by atoms with Crippen LogP contribution in [0.2, 0.25) is 0 Å². The van der Waals surface area contributed by atoms with Crippen molar-refractivity contribution in [3.8, 4) is 0 Å². The van der Waals surface area contributed by atoms with Crippen LogP contribution in [0, 0.1) is 6.92 Å². The summed E-state index contributed by atoms with van der Waals surface area (Å²) in [5.74, 6) is 0. The molecule has 19 heavy (non-hydrogen) atoms. The van der Waals surface area contributed by atoms with Crippen molar-refractivity contribution < 1.29 is 0 Å². The van der Waals surface area contributed by atoms with Gasteiger partial charge in [-0.2, -0.15) is 5.10 Å². The summed E-state index contributed by atoms with van der Waals surface area (Å²) in [4.78, 5) is 3.47. The molecule has 0 saturated carbocycles. The number of nitrogens with zero attached hydrogens (tertiary/aromatic N) is 1. The zero-order valence-corrected chi connectivity index (χ0v) is 11.0. The average Bonchev–Trinajstić information content (AvgIpc) is 2.98. The highest BCUT2D eigenvalue weighted by Gasteiger charge is 2.08. The van der Waals surface area contributed by atoms with Gasteiger partial charge < -0.3 is 10.7 Å². The molecular weight excluding hydrogens is 236 g/mol. The summed E-state index contributed by atoms with van der Waals surface area (Å²) >= 11 is 0. The molecule has 4 heteroatoms. The lowest BCUT2D eigenvalue weighted by Gasteiger charge is -1.99. The first kappa shape index (κ1) is 12.0. The van der Waals surface area contributed by atoms with E-state index in [4.69, 9.17) is 5.73 Å². The Morgan fingerprint density at radius 1 is 1.32 bits per heavy atom. The Kier molecular flexibility index (Phi) is 3.09. The largest absolute Gasteiger partial charge is 0.358 e. The lowest BCUT2D eigenvalue weighted by Crippen LogP contribution is -2.05. The van der Waals surface area contributed by atoms with Gasteiger partial charge in [0.1, 0.15) is 0 Å². The van der Waals surface area contributed by atoms with Crippen LogP contribution in [0.4, 0.5) is 0 Å². The van der Waals surface area contributed by atoms with Gasteiger partial charge in [-0.3, -0.25) is 5.10 Å². The summed E-state index contributed by atoms with van der Waals surface area (Å²) in [6, 6.07) is 8.55. The molecule has 0 radical (unpaired) electrons. The van der Waals surface area contributed by atoms with Crippen LogP contribution in [0.25, 0.3) is 10.9 Å². The number of nitrogens with one attached hydrogen (secondary N) is 2. The van der Waals surface area contributed by atoms with Gasteiger partial charge in [0.25, 0.3) is 0 Å². The van der Waals surface area contributed by atoms with Gasteiger partial charge in [0.05, 0.1) is 6.20 Å². The Bertz CT molecular complexity index is 693. The maximum absolute atomic E-state index is 5.61. The van der Waals surface area contributed by atoms with Crippen LogP contribution in [0.1, 0.15) is 22.5 Å². The molecule has 2 aromatic heterocycles. The topological polar surface area (TPSA) is 70.5 Å². The van der Waals surface area contributed by atoms with Crippen molar-refractivity contribution in [2.75, 3.05) is 6.54 Å². The number of hydrogen-bond acceptors (Lipinski definition) is 2. The monoisotopic (exact) mass is 254 g/mol. The Morgan fingerprint density at radius 3 is 3.00 bits per heavy atom. The van der Waals surface area contributed by atoms with Gasteiger partial charge in [0, 0.05) is 35.1 Å². The Hall–Kier alpha value is -2.07. The molecule has 4 N–H and O–H groups in total. The fraction of sp³-hybridized carbons (Fsp3) is 0.267. The molecular formula is C15H18N4. The molecule has 3 rings (SSSR count). The van der Waals surface area contributed by atoms with Crippen LogP contribution in [0.5, 0.6) is 0 Å². The third-order valence-electron chi connectivity index (χ3n) is 3.52. The summed E-state index contributed by atoms with van der Waals surface area (Å²) in [6.45, 7) is 2.78. The van der Waals surface area contributed by atoms with Crippen molar-refractivity contribution in [2.24, 2.45) is 5.73 Å². The number of rotatable bonds is 4. The standard InChI is InChI=1S/C15H18N4/c1-10-3-2-4-15-13(10)8-12(18-15)7-11-9-17-19-14(11)5-6-16/h2-4,8-9,18H,5-7,16H2,1H3,(H,17,19). The van der Waals surface area contributed by atoms with Crippen molar-refractivity contribution in [2.45, 2.75) is 19.8 Å². The van der Waals surface area contributed by atoms with Gasteiger partial charge in [-0.05, 0) is 36.7 Å². The number of H-pyrrole nitrogens is 2. The minimum absolute atomic E-state index is 0.640. The number of aromatic amines is 2. The number of aromatic nitrogens is 3. The van der Waals surface area contributed by atoms with E-state index in [1.807, 2.05) is 6.20 Å².